The van der Waals surface area contributed by atoms with Gasteiger partial charge < -0.3 is 10.2 Å². The first-order valence-corrected chi connectivity index (χ1v) is 2.75. The van der Waals surface area contributed by atoms with Crippen molar-refractivity contribution in [2.75, 3.05) is 0 Å². The summed E-state index contributed by atoms with van der Waals surface area (Å²) in [5.74, 6) is 0.297. The number of oxazole rings is 1. The summed E-state index contributed by atoms with van der Waals surface area (Å²) in [6, 6.07) is 0. The lowest BCUT2D eigenvalue weighted by Crippen LogP contribution is -2.29. The van der Waals surface area contributed by atoms with Crippen molar-refractivity contribution in [3.8, 4) is 0 Å². The van der Waals surface area contributed by atoms with E-state index in [0.717, 1.165) is 0 Å². The van der Waals surface area contributed by atoms with Crippen molar-refractivity contribution in [2.45, 2.75) is 0 Å². The summed E-state index contributed by atoms with van der Waals surface area (Å²) in [4.78, 5) is 17.1. The van der Waals surface area contributed by atoms with Gasteiger partial charge in [-0.05, 0) is 0 Å². The van der Waals surface area contributed by atoms with E-state index in [0.29, 0.717) is 12.2 Å². The van der Waals surface area contributed by atoms with E-state index < -0.39 is 0 Å². The second-order valence-corrected chi connectivity index (χ2v) is 1.61. The average Bonchev–Trinajstić information content (AvgIpc) is 2.40. The fourth-order valence-corrected chi connectivity index (χ4v) is 0.477. The molecular weight excluding hydrogens is 148 g/mol. The predicted octanol–water partition coefficient (Wildman–Crippen LogP) is -0.633. The number of hydrogen-bond acceptors (Lipinski definition) is 4. The first kappa shape index (κ1) is 7.26. The topological polar surface area (TPSA) is 93.5 Å². The highest BCUT2D eigenvalue weighted by molar-refractivity contribution is 5.88. The maximum Gasteiger partial charge on any atom is 0.213 e. The molecular formula is C5H6N4O2. The fourth-order valence-electron chi connectivity index (χ4n) is 0.477. The number of aromatic nitrogens is 1. The maximum atomic E-state index is 9.83. The highest BCUT2D eigenvalue weighted by Crippen LogP contribution is 2.04. The van der Waals surface area contributed by atoms with Gasteiger partial charge in [0.2, 0.25) is 12.4 Å². The molecule has 0 saturated carbocycles. The van der Waals surface area contributed by atoms with Crippen LogP contribution in [0.5, 0.6) is 0 Å². The summed E-state index contributed by atoms with van der Waals surface area (Å²) in [5.41, 5.74) is 5.20. The molecule has 0 aromatic carbocycles. The average molecular weight is 154 g/mol. The quantitative estimate of drug-likeness (QED) is 0.337. The summed E-state index contributed by atoms with van der Waals surface area (Å²) in [6.45, 7) is 0. The Morgan fingerprint density at radius 3 is 3.27 bits per heavy atom. The SMILES string of the molecule is NC(=Nc1cocn1)NC=O. The van der Waals surface area contributed by atoms with Crippen LogP contribution in [0.2, 0.25) is 0 Å². The minimum atomic E-state index is -0.0195. The lowest BCUT2D eigenvalue weighted by molar-refractivity contribution is -0.108. The first-order valence-electron chi connectivity index (χ1n) is 2.75. The number of carbonyl (C=O) groups excluding carboxylic acids is 1. The third-order valence-corrected chi connectivity index (χ3v) is 0.861. The molecule has 6 nitrogen and oxygen atoms in total. The Hall–Kier alpha value is -1.85. The van der Waals surface area contributed by atoms with Gasteiger partial charge in [-0.2, -0.15) is 9.98 Å². The Labute approximate surface area is 62.1 Å². The lowest BCUT2D eigenvalue weighted by atomic mass is 10.8. The molecule has 6 heteroatoms. The molecule has 0 bridgehead atoms. The zero-order valence-corrected chi connectivity index (χ0v) is 5.52. The summed E-state index contributed by atoms with van der Waals surface area (Å²) >= 11 is 0. The predicted molar refractivity (Wildman–Crippen MR) is 37.0 cm³/mol. The normalized spacial score (nSPS) is 11.1. The van der Waals surface area contributed by atoms with Crippen LogP contribution in [0.1, 0.15) is 0 Å². The molecule has 0 fully saturated rings. The number of amides is 1. The molecule has 0 aliphatic rings. The van der Waals surface area contributed by atoms with Crippen molar-refractivity contribution in [1.29, 1.82) is 0 Å². The van der Waals surface area contributed by atoms with Crippen LogP contribution in [0.3, 0.4) is 0 Å². The van der Waals surface area contributed by atoms with Crippen LogP contribution < -0.4 is 11.1 Å². The summed E-state index contributed by atoms with van der Waals surface area (Å²) < 4.78 is 4.60. The van der Waals surface area contributed by atoms with E-state index in [9.17, 15) is 4.79 Å². The third kappa shape index (κ3) is 2.09. The van der Waals surface area contributed by atoms with Crippen LogP contribution in [0.25, 0.3) is 0 Å². The van der Waals surface area contributed by atoms with E-state index in [4.69, 9.17) is 5.73 Å². The number of nitrogens with two attached hydrogens (primary N) is 1. The molecule has 3 N–H and O–H groups in total. The molecule has 1 aromatic rings. The third-order valence-electron chi connectivity index (χ3n) is 0.861. The molecule has 1 rings (SSSR count). The Morgan fingerprint density at radius 2 is 2.73 bits per heavy atom. The smallest absolute Gasteiger partial charge is 0.213 e. The second kappa shape index (κ2) is 3.35. The molecule has 0 saturated heterocycles. The van der Waals surface area contributed by atoms with Crippen LogP contribution >= 0.6 is 0 Å². The van der Waals surface area contributed by atoms with Crippen LogP contribution in [-0.4, -0.2) is 17.4 Å². The van der Waals surface area contributed by atoms with E-state index >= 15 is 0 Å². The minimum Gasteiger partial charge on any atom is -0.449 e. The Kier molecular flexibility index (Phi) is 2.21. The summed E-state index contributed by atoms with van der Waals surface area (Å²) in [6.07, 6.45) is 2.95. The number of hydrogen-bond donors (Lipinski definition) is 2. The maximum absolute atomic E-state index is 9.83. The molecule has 0 aliphatic carbocycles. The summed E-state index contributed by atoms with van der Waals surface area (Å²) in [7, 11) is 0. The van der Waals surface area contributed by atoms with Gasteiger partial charge in [0.25, 0.3) is 0 Å². The standard InChI is InChI=1S/C5H6N4O2/c6-5(7-2-10)9-4-1-11-3-8-4/h1-3H,(H3,6,7,9,10). The van der Waals surface area contributed by atoms with Crippen molar-refractivity contribution in [2.24, 2.45) is 10.7 Å². The van der Waals surface area contributed by atoms with E-state index in [1.54, 1.807) is 0 Å². The van der Waals surface area contributed by atoms with Crippen molar-refractivity contribution < 1.29 is 9.21 Å². The van der Waals surface area contributed by atoms with Gasteiger partial charge in [-0.1, -0.05) is 0 Å². The van der Waals surface area contributed by atoms with Crippen molar-refractivity contribution >= 4 is 18.2 Å². The zero-order valence-electron chi connectivity index (χ0n) is 5.52. The highest BCUT2D eigenvalue weighted by atomic mass is 16.3. The molecule has 58 valence electrons. The lowest BCUT2D eigenvalue weighted by Gasteiger charge is -1.91. The van der Waals surface area contributed by atoms with E-state index in [-0.39, 0.29) is 5.96 Å². The number of nitrogens with zero attached hydrogens (tertiary/aromatic N) is 2. The van der Waals surface area contributed by atoms with Gasteiger partial charge in [-0.25, -0.2) is 0 Å². The fraction of sp³-hybridized carbons (Fsp3) is 0. The molecule has 0 spiro atoms. The van der Waals surface area contributed by atoms with Crippen molar-refractivity contribution in [3.63, 3.8) is 0 Å². The molecule has 0 atom stereocenters. The van der Waals surface area contributed by atoms with Crippen molar-refractivity contribution in [1.82, 2.24) is 10.3 Å². The van der Waals surface area contributed by atoms with Gasteiger partial charge in [-0.15, -0.1) is 0 Å². The molecule has 0 radical (unpaired) electrons. The van der Waals surface area contributed by atoms with Gasteiger partial charge in [0.05, 0.1) is 0 Å². The van der Waals surface area contributed by atoms with Crippen LogP contribution in [-0.2, 0) is 4.79 Å². The van der Waals surface area contributed by atoms with Crippen LogP contribution in [0, 0.1) is 0 Å². The van der Waals surface area contributed by atoms with Gasteiger partial charge in [0.1, 0.15) is 6.26 Å². The van der Waals surface area contributed by atoms with Gasteiger partial charge in [-0.3, -0.25) is 10.1 Å². The Balaban J connectivity index is 2.65. The minimum absolute atomic E-state index is 0.0195. The molecule has 11 heavy (non-hydrogen) atoms. The second-order valence-electron chi connectivity index (χ2n) is 1.61. The number of carbonyl (C=O) groups is 1. The van der Waals surface area contributed by atoms with E-state index in [2.05, 4.69) is 19.7 Å². The number of guanidine groups is 1. The largest absolute Gasteiger partial charge is 0.449 e. The van der Waals surface area contributed by atoms with E-state index in [1.807, 2.05) is 0 Å². The highest BCUT2D eigenvalue weighted by Gasteiger charge is 1.92. The monoisotopic (exact) mass is 154 g/mol. The first-order chi connectivity index (χ1) is 5.33. The van der Waals surface area contributed by atoms with Crippen LogP contribution in [0.15, 0.2) is 22.1 Å². The molecule has 0 aliphatic heterocycles. The zero-order chi connectivity index (χ0) is 8.10. The van der Waals surface area contributed by atoms with Crippen LogP contribution in [0.4, 0.5) is 5.82 Å². The van der Waals surface area contributed by atoms with Gasteiger partial charge >= 0.3 is 0 Å². The molecule has 0 unspecified atom stereocenters. The Bertz CT molecular complexity index is 253. The number of aliphatic imine (C=N–C) groups is 1. The number of nitrogens with one attached hydrogen (secondary N) is 1. The Morgan fingerprint density at radius 1 is 1.91 bits per heavy atom. The molecule has 1 aromatic heterocycles. The van der Waals surface area contributed by atoms with Gasteiger partial charge in [0, 0.05) is 0 Å². The summed E-state index contributed by atoms with van der Waals surface area (Å²) in [5, 5.41) is 2.15. The molecule has 1 heterocycles. The number of rotatable bonds is 2. The van der Waals surface area contributed by atoms with Crippen molar-refractivity contribution in [3.05, 3.63) is 12.7 Å². The molecule has 1 amide bonds. The van der Waals surface area contributed by atoms with Gasteiger partial charge in [0.15, 0.2) is 12.2 Å². The van der Waals surface area contributed by atoms with E-state index in [1.165, 1.54) is 12.7 Å².